The molecule has 2 aromatic rings. The van der Waals surface area contributed by atoms with Crippen LogP contribution in [0.25, 0.3) is 0 Å². The Labute approximate surface area is 142 Å². The Balaban J connectivity index is 1.95. The van der Waals surface area contributed by atoms with Crippen molar-refractivity contribution in [3.63, 3.8) is 0 Å². The lowest BCUT2D eigenvalue weighted by Crippen LogP contribution is -2.21. The SMILES string of the molecule is CC(=N)[C@H](C#N)C(=O)CSc1nnc(Nc2ccccc2C)s1. The van der Waals surface area contributed by atoms with Crippen LogP contribution >= 0.6 is 23.1 Å². The van der Waals surface area contributed by atoms with Crippen molar-refractivity contribution in [1.29, 1.82) is 10.7 Å². The van der Waals surface area contributed by atoms with Crippen molar-refractivity contribution in [1.82, 2.24) is 10.2 Å². The number of para-hydroxylation sites is 1. The van der Waals surface area contributed by atoms with Gasteiger partial charge in [-0.1, -0.05) is 41.3 Å². The molecule has 2 N–H and O–H groups in total. The quantitative estimate of drug-likeness (QED) is 0.589. The predicted octanol–water partition coefficient (Wildman–Crippen LogP) is 3.43. The second-order valence-electron chi connectivity index (χ2n) is 4.81. The molecule has 1 aromatic carbocycles. The van der Waals surface area contributed by atoms with E-state index in [-0.39, 0.29) is 17.2 Å². The fourth-order valence-corrected chi connectivity index (χ4v) is 3.44. The molecule has 0 aliphatic carbocycles. The fraction of sp³-hybridized carbons (Fsp3) is 0.267. The number of anilines is 2. The Bertz CT molecular complexity index is 765. The lowest BCUT2D eigenvalue weighted by Gasteiger charge is -2.05. The summed E-state index contributed by atoms with van der Waals surface area (Å²) < 4.78 is 0.647. The van der Waals surface area contributed by atoms with Gasteiger partial charge in [0.15, 0.2) is 10.1 Å². The van der Waals surface area contributed by atoms with E-state index < -0.39 is 5.92 Å². The van der Waals surface area contributed by atoms with Crippen molar-refractivity contribution in [2.45, 2.75) is 18.2 Å². The van der Waals surface area contributed by atoms with Crippen LogP contribution in [0.5, 0.6) is 0 Å². The molecule has 118 valence electrons. The van der Waals surface area contributed by atoms with Gasteiger partial charge in [-0.25, -0.2) is 0 Å². The number of Topliss-reactive ketones (excluding diaryl/α,β-unsaturated/α-hetero) is 1. The molecule has 1 heterocycles. The number of thioether (sulfide) groups is 1. The van der Waals surface area contributed by atoms with Gasteiger partial charge in [-0.05, 0) is 25.5 Å². The van der Waals surface area contributed by atoms with E-state index in [2.05, 4.69) is 15.5 Å². The largest absolute Gasteiger partial charge is 0.330 e. The maximum absolute atomic E-state index is 11.9. The van der Waals surface area contributed by atoms with Crippen molar-refractivity contribution in [3.05, 3.63) is 29.8 Å². The summed E-state index contributed by atoms with van der Waals surface area (Å²) in [6.07, 6.45) is 0. The number of benzene rings is 1. The van der Waals surface area contributed by atoms with E-state index in [4.69, 9.17) is 10.7 Å². The molecule has 0 aliphatic heterocycles. The monoisotopic (exact) mass is 345 g/mol. The first-order chi connectivity index (χ1) is 11.0. The highest BCUT2D eigenvalue weighted by molar-refractivity contribution is 8.01. The van der Waals surface area contributed by atoms with Crippen molar-refractivity contribution < 1.29 is 4.79 Å². The van der Waals surface area contributed by atoms with Gasteiger partial charge in [-0.15, -0.1) is 10.2 Å². The summed E-state index contributed by atoms with van der Waals surface area (Å²) in [4.78, 5) is 11.9. The van der Waals surface area contributed by atoms with Crippen LogP contribution in [-0.4, -0.2) is 27.4 Å². The van der Waals surface area contributed by atoms with E-state index in [1.54, 1.807) is 0 Å². The van der Waals surface area contributed by atoms with E-state index in [0.29, 0.717) is 9.47 Å². The normalized spacial score (nSPS) is 11.5. The summed E-state index contributed by atoms with van der Waals surface area (Å²) >= 11 is 2.58. The second kappa shape index (κ2) is 7.85. The van der Waals surface area contributed by atoms with Gasteiger partial charge in [0.05, 0.1) is 11.8 Å². The third-order valence-electron chi connectivity index (χ3n) is 3.02. The molecule has 8 heteroatoms. The van der Waals surface area contributed by atoms with Gasteiger partial charge < -0.3 is 10.7 Å². The number of rotatable bonds is 7. The highest BCUT2D eigenvalue weighted by Gasteiger charge is 2.20. The zero-order valence-electron chi connectivity index (χ0n) is 12.7. The van der Waals surface area contributed by atoms with Gasteiger partial charge in [0.1, 0.15) is 5.92 Å². The molecular formula is C15H15N5OS2. The molecule has 2 rings (SSSR count). The van der Waals surface area contributed by atoms with Gasteiger partial charge in [0, 0.05) is 11.4 Å². The maximum atomic E-state index is 11.9. The van der Waals surface area contributed by atoms with Crippen molar-refractivity contribution >= 4 is 45.4 Å². The highest BCUT2D eigenvalue weighted by Crippen LogP contribution is 2.29. The van der Waals surface area contributed by atoms with Crippen LogP contribution in [0.3, 0.4) is 0 Å². The average molecular weight is 345 g/mol. The lowest BCUT2D eigenvalue weighted by atomic mass is 10.0. The Morgan fingerprint density at radius 2 is 2.22 bits per heavy atom. The summed E-state index contributed by atoms with van der Waals surface area (Å²) in [6, 6.07) is 9.70. The molecule has 1 atom stereocenters. The van der Waals surface area contributed by atoms with Gasteiger partial charge in [-0.2, -0.15) is 5.26 Å². The zero-order valence-corrected chi connectivity index (χ0v) is 14.3. The molecule has 0 saturated carbocycles. The second-order valence-corrected chi connectivity index (χ2v) is 7.01. The Hall–Kier alpha value is -2.24. The van der Waals surface area contributed by atoms with Crippen LogP contribution in [0.4, 0.5) is 10.8 Å². The van der Waals surface area contributed by atoms with Crippen LogP contribution in [0.1, 0.15) is 12.5 Å². The Kier molecular flexibility index (Phi) is 5.84. The fourth-order valence-electron chi connectivity index (χ4n) is 1.77. The van der Waals surface area contributed by atoms with E-state index in [1.807, 2.05) is 37.3 Å². The van der Waals surface area contributed by atoms with Gasteiger partial charge in [-0.3, -0.25) is 4.79 Å². The predicted molar refractivity (Wildman–Crippen MR) is 92.6 cm³/mol. The number of nitrogens with zero attached hydrogens (tertiary/aromatic N) is 3. The van der Waals surface area contributed by atoms with Crippen LogP contribution in [0.15, 0.2) is 28.6 Å². The van der Waals surface area contributed by atoms with Crippen molar-refractivity contribution in [2.75, 3.05) is 11.1 Å². The van der Waals surface area contributed by atoms with E-state index in [1.165, 1.54) is 30.0 Å². The van der Waals surface area contributed by atoms with Gasteiger partial charge >= 0.3 is 0 Å². The number of ketones is 1. The topological polar surface area (TPSA) is 103 Å². The number of carbonyl (C=O) groups is 1. The molecule has 0 aliphatic rings. The summed E-state index contributed by atoms with van der Waals surface area (Å²) in [5.41, 5.74) is 2.13. The highest BCUT2D eigenvalue weighted by atomic mass is 32.2. The molecule has 1 aromatic heterocycles. The standard InChI is InChI=1S/C15H15N5OS2/c1-9-5-3-4-6-12(9)18-14-19-20-15(23-14)22-8-13(21)11(7-16)10(2)17/h3-6,11,17H,8H2,1-2H3,(H,18,19)/t11-/m0/s1. The minimum Gasteiger partial charge on any atom is -0.330 e. The minimum absolute atomic E-state index is 0.0669. The van der Waals surface area contributed by atoms with Crippen molar-refractivity contribution in [2.24, 2.45) is 5.92 Å². The van der Waals surface area contributed by atoms with Gasteiger partial charge in [0.25, 0.3) is 0 Å². The molecule has 0 amide bonds. The maximum Gasteiger partial charge on any atom is 0.210 e. The first-order valence-electron chi connectivity index (χ1n) is 6.77. The third-order valence-corrected chi connectivity index (χ3v) is 5.01. The number of aromatic nitrogens is 2. The summed E-state index contributed by atoms with van der Waals surface area (Å²) in [5, 5.41) is 28.2. The number of nitriles is 1. The molecule has 0 saturated heterocycles. The third kappa shape index (κ3) is 4.61. The molecule has 0 fully saturated rings. The van der Waals surface area contributed by atoms with E-state index in [0.717, 1.165) is 11.3 Å². The van der Waals surface area contributed by atoms with Crippen molar-refractivity contribution in [3.8, 4) is 6.07 Å². The summed E-state index contributed by atoms with van der Waals surface area (Å²) in [7, 11) is 0. The van der Waals surface area contributed by atoms with Crippen LogP contribution in [-0.2, 0) is 4.79 Å². The Morgan fingerprint density at radius 3 is 2.87 bits per heavy atom. The molecule has 23 heavy (non-hydrogen) atoms. The molecule has 0 bridgehead atoms. The number of carbonyl (C=O) groups excluding carboxylic acids is 1. The molecule has 0 radical (unpaired) electrons. The number of nitrogens with one attached hydrogen (secondary N) is 2. The summed E-state index contributed by atoms with van der Waals surface area (Å²) in [5.74, 6) is -1.15. The molecule has 0 unspecified atom stereocenters. The zero-order chi connectivity index (χ0) is 16.8. The summed E-state index contributed by atoms with van der Waals surface area (Å²) in [6.45, 7) is 3.46. The first kappa shape index (κ1) is 17.1. The first-order valence-corrected chi connectivity index (χ1v) is 8.58. The lowest BCUT2D eigenvalue weighted by molar-refractivity contribution is -0.117. The molecule has 6 nitrogen and oxygen atoms in total. The Morgan fingerprint density at radius 1 is 1.48 bits per heavy atom. The van der Waals surface area contributed by atoms with Crippen LogP contribution in [0.2, 0.25) is 0 Å². The minimum atomic E-state index is -0.972. The number of aryl methyl sites for hydroxylation is 1. The smallest absolute Gasteiger partial charge is 0.210 e. The van der Waals surface area contributed by atoms with Crippen LogP contribution in [0, 0.1) is 29.6 Å². The van der Waals surface area contributed by atoms with Gasteiger partial charge in [0.2, 0.25) is 5.13 Å². The van der Waals surface area contributed by atoms with E-state index in [9.17, 15) is 4.79 Å². The number of hydrogen-bond donors (Lipinski definition) is 2. The average Bonchev–Trinajstić information content (AvgIpc) is 2.95. The van der Waals surface area contributed by atoms with E-state index >= 15 is 0 Å². The molecule has 0 spiro atoms. The molecular weight excluding hydrogens is 330 g/mol. The van der Waals surface area contributed by atoms with Crippen LogP contribution < -0.4 is 5.32 Å². The number of hydrogen-bond acceptors (Lipinski definition) is 8.